The number of quaternary nitrogens is 3. The first kappa shape index (κ1) is 41.4. The zero-order chi connectivity index (χ0) is 41.3. The van der Waals surface area contributed by atoms with Crippen molar-refractivity contribution in [1.82, 2.24) is 4.90 Å². The lowest BCUT2D eigenvalue weighted by molar-refractivity contribution is -1.08. The lowest BCUT2D eigenvalue weighted by Gasteiger charge is -2.55. The quantitative estimate of drug-likeness (QED) is 0.144. The highest BCUT2D eigenvalue weighted by molar-refractivity contribution is 5.90. The van der Waals surface area contributed by atoms with Crippen molar-refractivity contribution in [3.63, 3.8) is 0 Å². The van der Waals surface area contributed by atoms with Crippen molar-refractivity contribution < 1.29 is 56.6 Å². The molecule has 8 bridgehead atoms. The molecule has 3 aliphatic carbocycles. The van der Waals surface area contributed by atoms with Gasteiger partial charge >= 0.3 is 17.9 Å². The number of hydrogen-bond donors (Lipinski definition) is 1. The maximum atomic E-state index is 14.0. The number of hydrogen-bond acceptors (Lipinski definition) is 10. The van der Waals surface area contributed by atoms with Gasteiger partial charge in [0.2, 0.25) is 0 Å². The van der Waals surface area contributed by atoms with Crippen LogP contribution in [0.1, 0.15) is 47.0 Å². The van der Waals surface area contributed by atoms with E-state index in [1.54, 1.807) is 6.08 Å². The molecule has 0 aromatic carbocycles. The summed E-state index contributed by atoms with van der Waals surface area (Å²) in [6.45, 7) is 24.7. The van der Waals surface area contributed by atoms with Crippen molar-refractivity contribution in [3.05, 3.63) is 47.6 Å². The number of ether oxygens (including phenoxy) is 5. The van der Waals surface area contributed by atoms with Crippen LogP contribution in [0.25, 0.3) is 0 Å². The van der Waals surface area contributed by atoms with Gasteiger partial charge in [-0.05, 0) is 32.3 Å². The van der Waals surface area contributed by atoms with Gasteiger partial charge in [0.25, 0.3) is 0 Å². The van der Waals surface area contributed by atoms with Gasteiger partial charge in [-0.15, -0.1) is 0 Å². The van der Waals surface area contributed by atoms with Gasteiger partial charge in [-0.25, -0.2) is 14.4 Å². The Labute approximate surface area is 350 Å². The van der Waals surface area contributed by atoms with Crippen LogP contribution >= 0.6 is 0 Å². The Hall–Kier alpha value is -2.91. The number of esters is 3. The average molecular weight is 822 g/mol. The maximum Gasteiger partial charge on any atom is 0.362 e. The van der Waals surface area contributed by atoms with E-state index in [4.69, 9.17) is 23.7 Å². The van der Waals surface area contributed by atoms with E-state index in [-0.39, 0.29) is 47.9 Å². The highest BCUT2D eigenvalue weighted by Gasteiger charge is 2.69. The number of methoxy groups -OCH3 is 1. The summed E-state index contributed by atoms with van der Waals surface area (Å²) in [7, 11) is 1.51. The zero-order valence-corrected chi connectivity index (χ0v) is 36.0. The minimum atomic E-state index is -0.973. The van der Waals surface area contributed by atoms with Gasteiger partial charge in [0.05, 0.1) is 38.8 Å². The van der Waals surface area contributed by atoms with E-state index >= 15 is 0 Å². The summed E-state index contributed by atoms with van der Waals surface area (Å²) in [5.74, 6) is -2.71. The number of fused-ring (bicyclic) bond motifs is 6. The predicted molar refractivity (Wildman–Crippen MR) is 218 cm³/mol. The topological polar surface area (TPSA) is 121 Å². The molecule has 59 heavy (non-hydrogen) atoms. The second-order valence-electron chi connectivity index (χ2n) is 20.1. The molecule has 13 nitrogen and oxygen atoms in total. The van der Waals surface area contributed by atoms with Crippen molar-refractivity contribution in [2.45, 2.75) is 89.2 Å². The van der Waals surface area contributed by atoms with Crippen molar-refractivity contribution in [2.75, 3.05) is 105 Å². The molecule has 12 atom stereocenters. The highest BCUT2D eigenvalue weighted by Crippen LogP contribution is 2.61. The molecule has 7 saturated heterocycles. The number of piperazine rings is 6. The Kier molecular flexibility index (Phi) is 11.1. The van der Waals surface area contributed by atoms with E-state index in [1.165, 1.54) is 74.9 Å². The van der Waals surface area contributed by atoms with E-state index in [0.29, 0.717) is 18.5 Å². The van der Waals surface area contributed by atoms with Gasteiger partial charge in [-0.2, -0.15) is 0 Å². The lowest BCUT2D eigenvalue weighted by Crippen LogP contribution is -2.76. The molecule has 0 amide bonds. The Morgan fingerprint density at radius 1 is 0.983 bits per heavy atom. The Morgan fingerprint density at radius 3 is 2.29 bits per heavy atom. The summed E-state index contributed by atoms with van der Waals surface area (Å²) in [6.07, 6.45) is 9.53. The average Bonchev–Trinajstić information content (AvgIpc) is 3.84. The molecule has 0 unspecified atom stereocenters. The van der Waals surface area contributed by atoms with E-state index in [0.717, 1.165) is 49.3 Å². The SMILES string of the molecule is CO[C@H]1C[C@H]2C=C[C@H]3[C@H]4O[C@]2(/C(C)=C/[C@@H](C)[C@@H]([C@@H](C)OC(=O)C[N+]25CC[N+](CCC[N+]67CCN(CC6)CC7)(CC2)CC5)OC1=O)[C@@H]3[C@H](O)[C@@H](C)[C@H]4OC(=O)C1=CC=CC1. The number of aliphatic hydroxyl groups excluding tert-OH is 1. The number of cyclic esters (lactones) is 1. The Bertz CT molecular complexity index is 1750. The molecular weight excluding hydrogens is 753 g/mol. The zero-order valence-electron chi connectivity index (χ0n) is 36.0. The smallest absolute Gasteiger partial charge is 0.362 e. The molecule has 324 valence electrons. The summed E-state index contributed by atoms with van der Waals surface area (Å²) in [4.78, 5) is 43.7. The summed E-state index contributed by atoms with van der Waals surface area (Å²) < 4.78 is 34.9. The van der Waals surface area contributed by atoms with Crippen LogP contribution in [-0.4, -0.2) is 189 Å². The third-order valence-electron chi connectivity index (χ3n) is 17.0. The van der Waals surface area contributed by atoms with Crippen LogP contribution in [0.5, 0.6) is 0 Å². The molecule has 1 saturated carbocycles. The number of carbonyl (C=O) groups is 3. The van der Waals surface area contributed by atoms with Crippen molar-refractivity contribution in [3.8, 4) is 0 Å². The molecule has 11 rings (SSSR count). The second-order valence-corrected chi connectivity index (χ2v) is 20.1. The van der Waals surface area contributed by atoms with E-state index in [9.17, 15) is 19.5 Å². The van der Waals surface area contributed by atoms with Crippen LogP contribution in [0.2, 0.25) is 0 Å². The molecular formula is C46H69N4O9+3. The molecule has 0 aromatic rings. The maximum absolute atomic E-state index is 14.0. The fourth-order valence-corrected chi connectivity index (χ4v) is 13.2. The van der Waals surface area contributed by atoms with Crippen molar-refractivity contribution in [2.24, 2.45) is 29.6 Å². The van der Waals surface area contributed by atoms with E-state index in [1.807, 2.05) is 39.8 Å². The van der Waals surface area contributed by atoms with Gasteiger partial charge in [-0.3, -0.25) is 4.90 Å². The van der Waals surface area contributed by atoms with Crippen LogP contribution in [0, 0.1) is 29.6 Å². The fraction of sp³-hybridized carbons (Fsp3) is 0.761. The van der Waals surface area contributed by atoms with Crippen LogP contribution in [0.15, 0.2) is 47.6 Å². The van der Waals surface area contributed by atoms with Crippen LogP contribution in [0.4, 0.5) is 0 Å². The standard InChI is InChI=1S/C46H69N4O9/c1-30-27-31(2)46-35(11-12-36-39(46)40(52)32(3)42(43(36)59-46)58-44(53)34-9-6-7-10-34)28-37(55-5)45(54)57-41(30)33(4)56-38(51)29-50-24-21-49(22-25-50,23-26-50)17-8-16-48-18-13-47(14-19-48)15-20-48/h6-7,9,11-12,27,30,32-33,35-37,39-43,52H,8,10,13-26,28-29H2,1-5H3/q+3/b31-27+/t30-,32-,33-,35-,36-,37+,39+,40-,41+,42-,43-,46+,49?,50?/m1/s1. The van der Waals surface area contributed by atoms with Crippen LogP contribution < -0.4 is 0 Å². The predicted octanol–water partition coefficient (Wildman–Crippen LogP) is 2.39. The molecule has 11 aliphatic rings. The third-order valence-corrected chi connectivity index (χ3v) is 17.0. The molecule has 0 radical (unpaired) electrons. The molecule has 1 N–H and O–H groups in total. The minimum absolute atomic E-state index is 0.189. The Morgan fingerprint density at radius 2 is 1.64 bits per heavy atom. The van der Waals surface area contributed by atoms with Crippen LogP contribution in [0.3, 0.4) is 0 Å². The van der Waals surface area contributed by atoms with Gasteiger partial charge in [0.1, 0.15) is 69.3 Å². The Balaban J connectivity index is 0.874. The second kappa shape index (κ2) is 15.8. The lowest BCUT2D eigenvalue weighted by atomic mass is 9.57. The van der Waals surface area contributed by atoms with Gasteiger partial charge in [-0.1, -0.05) is 50.3 Å². The number of nitrogens with zero attached hydrogens (tertiary/aromatic N) is 4. The summed E-state index contributed by atoms with van der Waals surface area (Å²) >= 11 is 0. The molecule has 13 heteroatoms. The minimum Gasteiger partial charge on any atom is -0.456 e. The third kappa shape index (κ3) is 7.28. The fourth-order valence-electron chi connectivity index (χ4n) is 13.2. The largest absolute Gasteiger partial charge is 0.456 e. The first-order valence-corrected chi connectivity index (χ1v) is 22.8. The van der Waals surface area contributed by atoms with Crippen molar-refractivity contribution in [1.29, 1.82) is 0 Å². The van der Waals surface area contributed by atoms with E-state index in [2.05, 4.69) is 23.1 Å². The monoisotopic (exact) mass is 822 g/mol. The van der Waals surface area contributed by atoms with Gasteiger partial charge < -0.3 is 42.2 Å². The number of carbonyl (C=O) groups excluding carboxylic acids is 3. The number of rotatable bonds is 11. The molecule has 8 aliphatic heterocycles. The number of allylic oxidation sites excluding steroid dienone is 3. The summed E-state index contributed by atoms with van der Waals surface area (Å²) in [5.41, 5.74) is 0.529. The highest BCUT2D eigenvalue weighted by atomic mass is 16.6. The molecule has 1 spiro atoms. The van der Waals surface area contributed by atoms with Crippen LogP contribution in [-0.2, 0) is 38.1 Å². The summed E-state index contributed by atoms with van der Waals surface area (Å²) in [6, 6.07) is 0. The van der Waals surface area contributed by atoms with Crippen molar-refractivity contribution >= 4 is 17.9 Å². The first-order valence-electron chi connectivity index (χ1n) is 22.8. The molecule has 8 heterocycles. The number of aliphatic hydroxyl groups is 1. The summed E-state index contributed by atoms with van der Waals surface area (Å²) in [5, 5.41) is 12.1. The molecule has 8 fully saturated rings. The molecule has 0 aromatic heterocycles. The van der Waals surface area contributed by atoms with Gasteiger partial charge in [0.15, 0.2) is 12.6 Å². The first-order chi connectivity index (χ1) is 28.3. The normalized spacial score (nSPS) is 47.1. The van der Waals surface area contributed by atoms with E-state index < -0.39 is 48.2 Å². The van der Waals surface area contributed by atoms with Gasteiger partial charge in [0, 0.05) is 68.3 Å².